The fourth-order valence-corrected chi connectivity index (χ4v) is 2.15. The number of fused-ring (bicyclic) bond motifs is 1. The van der Waals surface area contributed by atoms with Crippen LogP contribution < -0.4 is 0 Å². The zero-order valence-electron chi connectivity index (χ0n) is 8.76. The molecule has 1 aliphatic heterocycles. The molecule has 0 spiro atoms. The first-order valence-electron chi connectivity index (χ1n) is 5.17. The summed E-state index contributed by atoms with van der Waals surface area (Å²) in [6.45, 7) is 0. The summed E-state index contributed by atoms with van der Waals surface area (Å²) in [6, 6.07) is 11.2. The van der Waals surface area contributed by atoms with E-state index in [4.69, 9.17) is 4.74 Å². The van der Waals surface area contributed by atoms with Gasteiger partial charge in [-0.05, 0) is 29.8 Å². The van der Waals surface area contributed by atoms with Crippen LogP contribution >= 0.6 is 15.9 Å². The summed E-state index contributed by atoms with van der Waals surface area (Å²) in [6.07, 6.45) is 1.29. The van der Waals surface area contributed by atoms with Gasteiger partial charge in [0.2, 0.25) is 0 Å². The van der Waals surface area contributed by atoms with E-state index >= 15 is 0 Å². The van der Waals surface area contributed by atoms with Gasteiger partial charge in [-0.1, -0.05) is 28.1 Å². The van der Waals surface area contributed by atoms with E-state index in [9.17, 15) is 4.79 Å². The van der Waals surface area contributed by atoms with Crippen LogP contribution in [-0.2, 0) is 4.74 Å². The summed E-state index contributed by atoms with van der Waals surface area (Å²) in [7, 11) is 0. The predicted octanol–water partition coefficient (Wildman–Crippen LogP) is 3.10. The molecule has 0 saturated carbocycles. The summed E-state index contributed by atoms with van der Waals surface area (Å²) in [4.78, 5) is 15.9. The first-order chi connectivity index (χ1) is 8.25. The van der Waals surface area contributed by atoms with E-state index < -0.39 is 0 Å². The molecule has 1 atom stereocenters. The van der Waals surface area contributed by atoms with Crippen molar-refractivity contribution in [3.05, 3.63) is 63.9 Å². The third-order valence-electron chi connectivity index (χ3n) is 2.70. The Labute approximate surface area is 107 Å². The maximum Gasteiger partial charge on any atom is 0.341 e. The molecular formula is C13H8BrNO2. The van der Waals surface area contributed by atoms with Crippen LogP contribution in [0.2, 0.25) is 0 Å². The average molecular weight is 290 g/mol. The Morgan fingerprint density at radius 1 is 1.18 bits per heavy atom. The van der Waals surface area contributed by atoms with Crippen LogP contribution in [0.1, 0.15) is 27.7 Å². The summed E-state index contributed by atoms with van der Waals surface area (Å²) >= 11 is 3.37. The molecule has 3 nitrogen and oxygen atoms in total. The Kier molecular flexibility index (Phi) is 2.44. The van der Waals surface area contributed by atoms with Gasteiger partial charge in [-0.15, -0.1) is 0 Å². The number of benzene rings is 1. The normalized spacial score (nSPS) is 17.7. The highest BCUT2D eigenvalue weighted by atomic mass is 79.9. The quantitative estimate of drug-likeness (QED) is 0.758. The van der Waals surface area contributed by atoms with Crippen LogP contribution in [0.4, 0.5) is 0 Å². The first kappa shape index (κ1) is 10.5. The highest BCUT2D eigenvalue weighted by Gasteiger charge is 2.33. The highest BCUT2D eigenvalue weighted by molar-refractivity contribution is 9.10. The monoisotopic (exact) mass is 289 g/mol. The number of pyridine rings is 1. The van der Waals surface area contributed by atoms with E-state index in [-0.39, 0.29) is 12.1 Å². The molecule has 0 saturated heterocycles. The van der Waals surface area contributed by atoms with Crippen LogP contribution in [0.5, 0.6) is 0 Å². The van der Waals surface area contributed by atoms with E-state index in [1.54, 1.807) is 18.3 Å². The van der Waals surface area contributed by atoms with E-state index in [1.165, 1.54) is 0 Å². The number of esters is 1. The summed E-state index contributed by atoms with van der Waals surface area (Å²) in [5.74, 6) is -0.305. The van der Waals surface area contributed by atoms with Gasteiger partial charge in [-0.25, -0.2) is 4.79 Å². The van der Waals surface area contributed by atoms with E-state index in [0.717, 1.165) is 10.0 Å². The Bertz CT molecular complexity index is 580. The maximum absolute atomic E-state index is 11.6. The largest absolute Gasteiger partial charge is 0.447 e. The molecule has 0 aliphatic carbocycles. The lowest BCUT2D eigenvalue weighted by Gasteiger charge is -2.09. The van der Waals surface area contributed by atoms with Crippen LogP contribution in [0.3, 0.4) is 0 Å². The lowest BCUT2D eigenvalue weighted by Crippen LogP contribution is -2.01. The van der Waals surface area contributed by atoms with Crippen molar-refractivity contribution in [3.8, 4) is 0 Å². The molecule has 2 heterocycles. The Balaban J connectivity index is 2.07. The maximum atomic E-state index is 11.6. The topological polar surface area (TPSA) is 39.2 Å². The van der Waals surface area contributed by atoms with Crippen LogP contribution in [-0.4, -0.2) is 11.0 Å². The molecule has 1 aromatic carbocycles. The van der Waals surface area contributed by atoms with Gasteiger partial charge in [0.05, 0.1) is 5.56 Å². The van der Waals surface area contributed by atoms with Gasteiger partial charge in [0, 0.05) is 10.7 Å². The van der Waals surface area contributed by atoms with Crippen molar-refractivity contribution >= 4 is 21.9 Å². The van der Waals surface area contributed by atoms with Crippen LogP contribution in [0.15, 0.2) is 47.1 Å². The molecule has 1 aromatic heterocycles. The van der Waals surface area contributed by atoms with Gasteiger partial charge < -0.3 is 4.74 Å². The second-order valence-corrected chi connectivity index (χ2v) is 4.69. The molecule has 17 heavy (non-hydrogen) atoms. The number of aromatic nitrogens is 1. The Morgan fingerprint density at radius 2 is 1.94 bits per heavy atom. The molecule has 0 bridgehead atoms. The lowest BCUT2D eigenvalue weighted by atomic mass is 10.0. The third-order valence-corrected chi connectivity index (χ3v) is 3.23. The van der Waals surface area contributed by atoms with Crippen molar-refractivity contribution in [1.29, 1.82) is 0 Å². The molecule has 0 radical (unpaired) electrons. The number of hydrogen-bond acceptors (Lipinski definition) is 3. The number of halogens is 1. The van der Waals surface area contributed by atoms with Crippen molar-refractivity contribution in [2.45, 2.75) is 6.10 Å². The molecule has 0 unspecified atom stereocenters. The molecule has 0 fully saturated rings. The van der Waals surface area contributed by atoms with Gasteiger partial charge >= 0.3 is 5.97 Å². The second kappa shape index (κ2) is 3.96. The van der Waals surface area contributed by atoms with Gasteiger partial charge in [-0.2, -0.15) is 0 Å². The minimum Gasteiger partial charge on any atom is -0.447 e. The zero-order chi connectivity index (χ0) is 11.8. The fourth-order valence-electron chi connectivity index (χ4n) is 1.89. The van der Waals surface area contributed by atoms with Crippen molar-refractivity contribution < 1.29 is 9.53 Å². The van der Waals surface area contributed by atoms with E-state index in [2.05, 4.69) is 20.9 Å². The minimum absolute atomic E-state index is 0.305. The van der Waals surface area contributed by atoms with Crippen molar-refractivity contribution in [3.63, 3.8) is 0 Å². The Morgan fingerprint density at radius 3 is 2.71 bits per heavy atom. The van der Waals surface area contributed by atoms with Gasteiger partial charge in [0.25, 0.3) is 0 Å². The molecule has 1 aliphatic rings. The zero-order valence-corrected chi connectivity index (χ0v) is 10.3. The summed E-state index contributed by atoms with van der Waals surface area (Å²) in [5.41, 5.74) is 2.18. The number of ether oxygens (including phenoxy) is 1. The molecule has 0 N–H and O–H groups in total. The van der Waals surface area contributed by atoms with Gasteiger partial charge in [-0.3, -0.25) is 4.98 Å². The molecule has 2 aromatic rings. The molecular weight excluding hydrogens is 282 g/mol. The van der Waals surface area contributed by atoms with Crippen molar-refractivity contribution in [1.82, 2.24) is 4.98 Å². The third kappa shape index (κ3) is 1.74. The highest BCUT2D eigenvalue weighted by Crippen LogP contribution is 2.34. The number of nitrogens with zero attached hydrogens (tertiary/aromatic N) is 1. The second-order valence-electron chi connectivity index (χ2n) is 3.77. The van der Waals surface area contributed by atoms with Gasteiger partial charge in [0.1, 0.15) is 5.69 Å². The van der Waals surface area contributed by atoms with Crippen LogP contribution in [0.25, 0.3) is 0 Å². The number of rotatable bonds is 1. The Hall–Kier alpha value is -1.68. The van der Waals surface area contributed by atoms with Crippen LogP contribution in [0, 0.1) is 0 Å². The molecule has 84 valence electrons. The smallest absolute Gasteiger partial charge is 0.341 e. The fraction of sp³-hybridized carbons (Fsp3) is 0.0769. The standard InChI is InChI=1S/C13H8BrNO2/c14-9-5-3-8(4-6-9)12-11-10(13(16)17-12)2-1-7-15-11/h1-7,12H/t12-/m0/s1. The number of carbonyl (C=O) groups is 1. The lowest BCUT2D eigenvalue weighted by molar-refractivity contribution is 0.0452. The predicted molar refractivity (Wildman–Crippen MR) is 65.6 cm³/mol. The number of cyclic esters (lactones) is 1. The van der Waals surface area contributed by atoms with Crippen molar-refractivity contribution in [2.24, 2.45) is 0 Å². The van der Waals surface area contributed by atoms with E-state index in [0.29, 0.717) is 11.3 Å². The summed E-state index contributed by atoms with van der Waals surface area (Å²) in [5, 5.41) is 0. The molecule has 3 rings (SSSR count). The van der Waals surface area contributed by atoms with Crippen molar-refractivity contribution in [2.75, 3.05) is 0 Å². The van der Waals surface area contributed by atoms with Gasteiger partial charge in [0.15, 0.2) is 6.10 Å². The number of hydrogen-bond donors (Lipinski definition) is 0. The molecule has 4 heteroatoms. The summed E-state index contributed by atoms with van der Waals surface area (Å²) < 4.78 is 6.33. The number of carbonyl (C=O) groups excluding carboxylic acids is 1. The first-order valence-corrected chi connectivity index (χ1v) is 5.96. The van der Waals surface area contributed by atoms with E-state index in [1.807, 2.05) is 24.3 Å². The minimum atomic E-state index is -0.383. The average Bonchev–Trinajstić information content (AvgIpc) is 2.69. The SMILES string of the molecule is O=C1O[C@@H](c2ccc(Br)cc2)c2ncccc21. The molecule has 0 amide bonds.